The van der Waals surface area contributed by atoms with Crippen LogP contribution in [0.15, 0.2) is 45.5 Å². The van der Waals surface area contributed by atoms with Crippen molar-refractivity contribution >= 4 is 22.3 Å². The second-order valence-corrected chi connectivity index (χ2v) is 6.15. The van der Waals surface area contributed by atoms with Crippen LogP contribution < -0.4 is 10.2 Å². The van der Waals surface area contributed by atoms with Crippen molar-refractivity contribution in [2.24, 2.45) is 4.99 Å². The Morgan fingerprint density at radius 2 is 2.18 bits per heavy atom. The fourth-order valence-corrected chi connectivity index (χ4v) is 3.35. The van der Waals surface area contributed by atoms with Crippen molar-refractivity contribution < 1.29 is 4.42 Å². The zero-order valence-corrected chi connectivity index (χ0v) is 13.7. The number of thiophene rings is 1. The van der Waals surface area contributed by atoms with Gasteiger partial charge in [0.2, 0.25) is 0 Å². The zero-order valence-electron chi connectivity index (χ0n) is 12.9. The molecule has 5 nitrogen and oxygen atoms in total. The van der Waals surface area contributed by atoms with E-state index in [0.717, 1.165) is 44.2 Å². The van der Waals surface area contributed by atoms with Gasteiger partial charge in [0.05, 0.1) is 24.1 Å². The maximum atomic E-state index is 5.10. The van der Waals surface area contributed by atoms with Gasteiger partial charge < -0.3 is 19.5 Å². The maximum absolute atomic E-state index is 5.10. The average Bonchev–Trinajstić information content (AvgIpc) is 3.25. The molecule has 118 valence electrons. The molecule has 0 radical (unpaired) electrons. The van der Waals surface area contributed by atoms with Crippen molar-refractivity contribution in [1.82, 2.24) is 10.2 Å². The molecule has 1 saturated heterocycles. The quantitative estimate of drug-likeness (QED) is 0.695. The number of piperazine rings is 1. The summed E-state index contributed by atoms with van der Waals surface area (Å²) in [4.78, 5) is 9.51. The minimum Gasteiger partial charge on any atom is -0.472 e. The van der Waals surface area contributed by atoms with E-state index in [1.807, 2.05) is 17.4 Å². The Balaban J connectivity index is 1.59. The highest BCUT2D eigenvalue weighted by Crippen LogP contribution is 2.22. The summed E-state index contributed by atoms with van der Waals surface area (Å²) < 4.78 is 5.10. The summed E-state index contributed by atoms with van der Waals surface area (Å²) in [5.41, 5.74) is 1.10. The third kappa shape index (κ3) is 3.62. The molecule has 2 aromatic rings. The summed E-state index contributed by atoms with van der Waals surface area (Å²) in [6, 6.07) is 6.27. The predicted molar refractivity (Wildman–Crippen MR) is 91.6 cm³/mol. The largest absolute Gasteiger partial charge is 0.472 e. The number of anilines is 1. The summed E-state index contributed by atoms with van der Waals surface area (Å²) in [6.45, 7) is 7.71. The topological polar surface area (TPSA) is 44.0 Å². The molecular formula is C16H22N4OS. The fraction of sp³-hybridized carbons (Fsp3) is 0.438. The van der Waals surface area contributed by atoms with Crippen molar-refractivity contribution in [2.75, 3.05) is 37.6 Å². The van der Waals surface area contributed by atoms with Gasteiger partial charge in [0, 0.05) is 38.3 Å². The lowest BCUT2D eigenvalue weighted by Gasteiger charge is -2.37. The first-order chi connectivity index (χ1) is 10.9. The van der Waals surface area contributed by atoms with E-state index >= 15 is 0 Å². The van der Waals surface area contributed by atoms with E-state index in [-0.39, 0.29) is 0 Å². The lowest BCUT2D eigenvalue weighted by molar-refractivity contribution is 0.373. The molecule has 6 heteroatoms. The minimum atomic E-state index is 0.657. The number of nitrogens with zero attached hydrogens (tertiary/aromatic N) is 3. The maximum Gasteiger partial charge on any atom is 0.194 e. The normalized spacial score (nSPS) is 16.1. The molecule has 1 fully saturated rings. The number of guanidine groups is 1. The van der Waals surface area contributed by atoms with Crippen molar-refractivity contribution in [1.29, 1.82) is 0 Å². The van der Waals surface area contributed by atoms with Gasteiger partial charge in [-0.25, -0.2) is 4.99 Å². The first-order valence-corrected chi connectivity index (χ1v) is 8.57. The second-order valence-electron chi connectivity index (χ2n) is 5.23. The molecule has 0 aromatic carbocycles. The first-order valence-electron chi connectivity index (χ1n) is 7.69. The van der Waals surface area contributed by atoms with E-state index in [4.69, 9.17) is 9.41 Å². The molecule has 3 rings (SSSR count). The van der Waals surface area contributed by atoms with Crippen LogP contribution in [0.3, 0.4) is 0 Å². The van der Waals surface area contributed by atoms with Crippen molar-refractivity contribution in [2.45, 2.75) is 13.5 Å². The Morgan fingerprint density at radius 3 is 2.82 bits per heavy atom. The number of hydrogen-bond acceptors (Lipinski definition) is 4. The Kier molecular flexibility index (Phi) is 5.00. The lowest BCUT2D eigenvalue weighted by atomic mass is 10.3. The summed E-state index contributed by atoms with van der Waals surface area (Å²) in [5.74, 6) is 0.995. The molecule has 3 heterocycles. The zero-order chi connectivity index (χ0) is 15.2. The van der Waals surface area contributed by atoms with Gasteiger partial charge in [-0.15, -0.1) is 11.3 Å². The molecule has 1 aliphatic rings. The number of hydrogen-bond donors (Lipinski definition) is 1. The van der Waals surface area contributed by atoms with Crippen LogP contribution in [0.1, 0.15) is 12.5 Å². The number of rotatable bonds is 4. The van der Waals surface area contributed by atoms with E-state index < -0.39 is 0 Å². The highest BCUT2D eigenvalue weighted by molar-refractivity contribution is 7.14. The summed E-state index contributed by atoms with van der Waals surface area (Å²) >= 11 is 1.81. The minimum absolute atomic E-state index is 0.657. The molecular weight excluding hydrogens is 296 g/mol. The van der Waals surface area contributed by atoms with Gasteiger partial charge in [-0.05, 0) is 30.5 Å². The van der Waals surface area contributed by atoms with Crippen molar-refractivity contribution in [3.8, 4) is 0 Å². The molecule has 0 amide bonds. The van der Waals surface area contributed by atoms with E-state index in [9.17, 15) is 0 Å². The third-order valence-electron chi connectivity index (χ3n) is 3.72. The molecule has 0 spiro atoms. The van der Waals surface area contributed by atoms with Crippen LogP contribution in [-0.2, 0) is 6.54 Å². The summed E-state index contributed by atoms with van der Waals surface area (Å²) in [5, 5.41) is 6.89. The standard InChI is InChI=1S/C16H22N4OS/c1-2-17-16(18-12-14-5-10-21-13-14)20-8-6-19(7-9-20)15-4-3-11-22-15/h3-5,10-11,13H,2,6-9,12H2,1H3,(H,17,18). The van der Waals surface area contributed by atoms with Gasteiger partial charge in [0.25, 0.3) is 0 Å². The molecule has 0 saturated carbocycles. The Bertz CT molecular complexity index is 571. The number of furan rings is 1. The van der Waals surface area contributed by atoms with Gasteiger partial charge >= 0.3 is 0 Å². The average molecular weight is 318 g/mol. The molecule has 0 aliphatic carbocycles. The Hall–Kier alpha value is -1.95. The molecule has 0 unspecified atom stereocenters. The Morgan fingerprint density at radius 1 is 1.32 bits per heavy atom. The summed E-state index contributed by atoms with van der Waals surface area (Å²) in [7, 11) is 0. The molecule has 22 heavy (non-hydrogen) atoms. The van der Waals surface area contributed by atoms with Crippen LogP contribution in [0.2, 0.25) is 0 Å². The monoisotopic (exact) mass is 318 g/mol. The molecule has 1 aliphatic heterocycles. The van der Waals surface area contributed by atoms with Crippen LogP contribution in [-0.4, -0.2) is 43.6 Å². The van der Waals surface area contributed by atoms with E-state index in [1.54, 1.807) is 12.5 Å². The third-order valence-corrected chi connectivity index (χ3v) is 4.65. The van der Waals surface area contributed by atoms with Crippen molar-refractivity contribution in [3.05, 3.63) is 41.7 Å². The highest BCUT2D eigenvalue weighted by atomic mass is 32.1. The Labute approximate surface area is 135 Å². The smallest absolute Gasteiger partial charge is 0.194 e. The van der Waals surface area contributed by atoms with E-state index in [2.05, 4.69) is 39.6 Å². The van der Waals surface area contributed by atoms with Gasteiger partial charge in [0.15, 0.2) is 5.96 Å². The molecule has 0 atom stereocenters. The van der Waals surface area contributed by atoms with E-state index in [0.29, 0.717) is 6.54 Å². The van der Waals surface area contributed by atoms with Crippen LogP contribution in [0.4, 0.5) is 5.00 Å². The fourth-order valence-electron chi connectivity index (χ4n) is 2.56. The van der Waals surface area contributed by atoms with Crippen LogP contribution >= 0.6 is 11.3 Å². The van der Waals surface area contributed by atoms with Gasteiger partial charge in [0.1, 0.15) is 0 Å². The number of aliphatic imine (C=N–C) groups is 1. The molecule has 1 N–H and O–H groups in total. The molecule has 0 bridgehead atoms. The first kappa shape index (κ1) is 15.0. The second kappa shape index (κ2) is 7.35. The van der Waals surface area contributed by atoms with Crippen LogP contribution in [0.25, 0.3) is 0 Å². The van der Waals surface area contributed by atoms with Crippen LogP contribution in [0.5, 0.6) is 0 Å². The van der Waals surface area contributed by atoms with Gasteiger partial charge in [-0.2, -0.15) is 0 Å². The highest BCUT2D eigenvalue weighted by Gasteiger charge is 2.20. The predicted octanol–water partition coefficient (Wildman–Crippen LogP) is 2.63. The number of nitrogens with one attached hydrogen (secondary N) is 1. The SMILES string of the molecule is CCNC(=NCc1ccoc1)N1CCN(c2cccs2)CC1. The molecule has 2 aromatic heterocycles. The van der Waals surface area contributed by atoms with Gasteiger partial charge in [-0.1, -0.05) is 0 Å². The lowest BCUT2D eigenvalue weighted by Crippen LogP contribution is -2.52. The van der Waals surface area contributed by atoms with Crippen molar-refractivity contribution in [3.63, 3.8) is 0 Å². The van der Waals surface area contributed by atoms with E-state index in [1.165, 1.54) is 5.00 Å². The summed E-state index contributed by atoms with van der Waals surface area (Å²) in [6.07, 6.45) is 3.44. The van der Waals surface area contributed by atoms with Crippen LogP contribution in [0, 0.1) is 0 Å². The van der Waals surface area contributed by atoms with Gasteiger partial charge in [-0.3, -0.25) is 0 Å².